The Balaban J connectivity index is 1.62. The van der Waals surface area contributed by atoms with Crippen LogP contribution in [0.15, 0.2) is 54.9 Å². The van der Waals surface area contributed by atoms with Gasteiger partial charge in [-0.25, -0.2) is 4.39 Å². The standard InChI is InChI=1S/C21H26FN5/c1-16(25(3)15-26-12-10-24(2)11-13-26)27-20-7-5-4-6-18(20)23-19-9-8-17(22)14-21(19)27/h4-9,14,23H,1,10-13,15H2,2-3H3. The van der Waals surface area contributed by atoms with E-state index in [-0.39, 0.29) is 5.82 Å². The van der Waals surface area contributed by atoms with Gasteiger partial charge in [-0.15, -0.1) is 0 Å². The first kappa shape index (κ1) is 17.8. The molecule has 1 fully saturated rings. The number of anilines is 4. The highest BCUT2D eigenvalue weighted by molar-refractivity contribution is 5.93. The average Bonchev–Trinajstić information content (AvgIpc) is 2.67. The summed E-state index contributed by atoms with van der Waals surface area (Å²) >= 11 is 0. The van der Waals surface area contributed by atoms with E-state index in [0.717, 1.165) is 61.4 Å². The van der Waals surface area contributed by atoms with Crippen molar-refractivity contribution in [3.63, 3.8) is 0 Å². The minimum absolute atomic E-state index is 0.255. The van der Waals surface area contributed by atoms with Crippen LogP contribution in [-0.4, -0.2) is 61.6 Å². The average molecular weight is 367 g/mol. The van der Waals surface area contributed by atoms with E-state index in [4.69, 9.17) is 0 Å². The van der Waals surface area contributed by atoms with E-state index < -0.39 is 0 Å². The van der Waals surface area contributed by atoms with Crippen LogP contribution in [0.2, 0.25) is 0 Å². The molecule has 2 heterocycles. The van der Waals surface area contributed by atoms with E-state index in [1.54, 1.807) is 12.1 Å². The molecule has 2 aromatic carbocycles. The first-order valence-corrected chi connectivity index (χ1v) is 9.29. The molecule has 0 unspecified atom stereocenters. The van der Waals surface area contributed by atoms with Crippen LogP contribution in [0.25, 0.3) is 0 Å². The Labute approximate surface area is 160 Å². The third kappa shape index (κ3) is 3.50. The Bertz CT molecular complexity index is 844. The number of hydrogen-bond acceptors (Lipinski definition) is 5. The van der Waals surface area contributed by atoms with Gasteiger partial charge in [0.05, 0.1) is 29.4 Å². The predicted octanol–water partition coefficient (Wildman–Crippen LogP) is 3.63. The number of piperazine rings is 1. The molecule has 0 radical (unpaired) electrons. The molecule has 1 saturated heterocycles. The maximum atomic E-state index is 14.0. The smallest absolute Gasteiger partial charge is 0.125 e. The normalized spacial score (nSPS) is 17.1. The van der Waals surface area contributed by atoms with Crippen molar-refractivity contribution < 1.29 is 4.39 Å². The van der Waals surface area contributed by atoms with Crippen LogP contribution in [-0.2, 0) is 0 Å². The summed E-state index contributed by atoms with van der Waals surface area (Å²) < 4.78 is 14.0. The molecule has 0 spiro atoms. The van der Waals surface area contributed by atoms with Gasteiger partial charge in [-0.2, -0.15) is 0 Å². The second-order valence-corrected chi connectivity index (χ2v) is 7.32. The molecule has 1 N–H and O–H groups in total. The lowest BCUT2D eigenvalue weighted by molar-refractivity contribution is 0.110. The van der Waals surface area contributed by atoms with Crippen molar-refractivity contribution >= 4 is 22.7 Å². The van der Waals surface area contributed by atoms with Crippen molar-refractivity contribution in [2.24, 2.45) is 0 Å². The Hall–Kier alpha value is -2.57. The van der Waals surface area contributed by atoms with Crippen LogP contribution in [0.1, 0.15) is 0 Å². The molecular weight excluding hydrogens is 341 g/mol. The molecule has 2 aromatic rings. The molecule has 6 heteroatoms. The predicted molar refractivity (Wildman–Crippen MR) is 109 cm³/mol. The van der Waals surface area contributed by atoms with Gasteiger partial charge in [0, 0.05) is 39.3 Å². The van der Waals surface area contributed by atoms with Gasteiger partial charge in [0.25, 0.3) is 0 Å². The maximum absolute atomic E-state index is 14.0. The number of para-hydroxylation sites is 2. The molecule has 2 aliphatic heterocycles. The van der Waals surface area contributed by atoms with Crippen molar-refractivity contribution in [3.8, 4) is 0 Å². The summed E-state index contributed by atoms with van der Waals surface area (Å²) in [7, 11) is 4.20. The Morgan fingerprint density at radius 1 is 1.07 bits per heavy atom. The highest BCUT2D eigenvalue weighted by atomic mass is 19.1. The third-order valence-electron chi connectivity index (χ3n) is 5.32. The number of benzene rings is 2. The molecule has 0 aromatic heterocycles. The first-order chi connectivity index (χ1) is 13.0. The largest absolute Gasteiger partial charge is 0.352 e. The zero-order valence-corrected chi connectivity index (χ0v) is 16.0. The highest BCUT2D eigenvalue weighted by Crippen LogP contribution is 2.45. The number of hydrogen-bond donors (Lipinski definition) is 1. The topological polar surface area (TPSA) is 25.0 Å². The van der Waals surface area contributed by atoms with E-state index in [0.29, 0.717) is 0 Å². The summed E-state index contributed by atoms with van der Waals surface area (Å²) in [5.74, 6) is 0.573. The first-order valence-electron chi connectivity index (χ1n) is 9.29. The third-order valence-corrected chi connectivity index (χ3v) is 5.32. The number of nitrogens with one attached hydrogen (secondary N) is 1. The fourth-order valence-corrected chi connectivity index (χ4v) is 3.66. The van der Waals surface area contributed by atoms with Gasteiger partial charge in [-0.1, -0.05) is 18.7 Å². The van der Waals surface area contributed by atoms with Crippen LogP contribution in [0.3, 0.4) is 0 Å². The van der Waals surface area contributed by atoms with E-state index >= 15 is 0 Å². The Morgan fingerprint density at radius 2 is 1.78 bits per heavy atom. The quantitative estimate of drug-likeness (QED) is 0.890. The van der Waals surface area contributed by atoms with Crippen molar-refractivity contribution in [2.45, 2.75) is 0 Å². The van der Waals surface area contributed by atoms with E-state index in [9.17, 15) is 4.39 Å². The number of halogens is 1. The number of nitrogens with zero attached hydrogens (tertiary/aromatic N) is 4. The maximum Gasteiger partial charge on any atom is 0.125 e. The molecular formula is C21H26FN5. The summed E-state index contributed by atoms with van der Waals surface area (Å²) in [5.41, 5.74) is 3.63. The lowest BCUT2D eigenvalue weighted by Crippen LogP contribution is -2.48. The molecule has 0 amide bonds. The summed E-state index contributed by atoms with van der Waals surface area (Å²) in [5, 5.41) is 3.39. The van der Waals surface area contributed by atoms with Gasteiger partial charge in [-0.3, -0.25) is 9.80 Å². The van der Waals surface area contributed by atoms with Crippen molar-refractivity contribution in [2.75, 3.05) is 57.2 Å². The lowest BCUT2D eigenvalue weighted by atomic mass is 10.1. The van der Waals surface area contributed by atoms with E-state index in [1.165, 1.54) is 6.07 Å². The van der Waals surface area contributed by atoms with Crippen LogP contribution in [0.5, 0.6) is 0 Å². The van der Waals surface area contributed by atoms with Crippen LogP contribution < -0.4 is 10.2 Å². The second kappa shape index (κ2) is 7.21. The fraction of sp³-hybridized carbons (Fsp3) is 0.333. The summed E-state index contributed by atoms with van der Waals surface area (Å²) in [6.45, 7) is 9.37. The van der Waals surface area contributed by atoms with Gasteiger partial charge in [0.2, 0.25) is 0 Å². The van der Waals surface area contributed by atoms with Gasteiger partial charge in [-0.05, 0) is 31.3 Å². The molecule has 0 aliphatic carbocycles. The Kier molecular flexibility index (Phi) is 4.76. The fourth-order valence-electron chi connectivity index (χ4n) is 3.66. The molecule has 142 valence electrons. The summed E-state index contributed by atoms with van der Waals surface area (Å²) in [6, 6.07) is 12.9. The number of rotatable bonds is 4. The van der Waals surface area contributed by atoms with Gasteiger partial charge in [0.1, 0.15) is 11.6 Å². The van der Waals surface area contributed by atoms with E-state index in [2.05, 4.69) is 33.6 Å². The minimum Gasteiger partial charge on any atom is -0.352 e. The lowest BCUT2D eigenvalue weighted by Gasteiger charge is -2.41. The molecule has 4 rings (SSSR count). The molecule has 2 aliphatic rings. The minimum atomic E-state index is -0.255. The summed E-state index contributed by atoms with van der Waals surface area (Å²) in [6.07, 6.45) is 0. The Morgan fingerprint density at radius 3 is 2.56 bits per heavy atom. The second-order valence-electron chi connectivity index (χ2n) is 7.32. The van der Waals surface area contributed by atoms with Gasteiger partial charge >= 0.3 is 0 Å². The zero-order chi connectivity index (χ0) is 19.0. The van der Waals surface area contributed by atoms with Crippen molar-refractivity contribution in [1.82, 2.24) is 14.7 Å². The SMILES string of the molecule is C=C(N(C)CN1CCN(C)CC1)N1c2ccccc2Nc2ccc(F)cc21. The van der Waals surface area contributed by atoms with E-state index in [1.807, 2.05) is 36.2 Å². The molecule has 0 bridgehead atoms. The molecule has 5 nitrogen and oxygen atoms in total. The highest BCUT2D eigenvalue weighted by Gasteiger charge is 2.27. The zero-order valence-electron chi connectivity index (χ0n) is 16.0. The van der Waals surface area contributed by atoms with Crippen molar-refractivity contribution in [1.29, 1.82) is 0 Å². The van der Waals surface area contributed by atoms with Crippen LogP contribution >= 0.6 is 0 Å². The molecule has 0 saturated carbocycles. The monoisotopic (exact) mass is 367 g/mol. The van der Waals surface area contributed by atoms with Gasteiger partial charge < -0.3 is 15.1 Å². The molecule has 0 atom stereocenters. The van der Waals surface area contributed by atoms with Crippen LogP contribution in [0, 0.1) is 5.82 Å². The number of likely N-dealkylation sites (N-methyl/N-ethyl adjacent to an activating group) is 1. The van der Waals surface area contributed by atoms with Crippen molar-refractivity contribution in [3.05, 3.63) is 60.7 Å². The van der Waals surface area contributed by atoms with Gasteiger partial charge in [0.15, 0.2) is 0 Å². The summed E-state index contributed by atoms with van der Waals surface area (Å²) in [4.78, 5) is 8.95. The molecule has 27 heavy (non-hydrogen) atoms. The van der Waals surface area contributed by atoms with Crippen LogP contribution in [0.4, 0.5) is 27.1 Å². The number of fused-ring (bicyclic) bond motifs is 2.